The van der Waals surface area contributed by atoms with Crippen LogP contribution in [0, 0.1) is 0 Å². The van der Waals surface area contributed by atoms with Crippen LogP contribution in [-0.4, -0.2) is 56.4 Å². The molecule has 4 N–H and O–H groups in total. The van der Waals surface area contributed by atoms with Crippen molar-refractivity contribution in [2.45, 2.75) is 37.0 Å². The fraction of sp³-hybridized carbons (Fsp3) is 0.267. The monoisotopic (exact) mass is 529 g/mol. The number of ether oxygens (including phenoxy) is 2. The largest absolute Gasteiger partial charge is 0.494 e. The number of nitrogens with one attached hydrogen (secondary N) is 1. The molecule has 0 aliphatic carbocycles. The highest BCUT2D eigenvalue weighted by atomic mass is 16.6. The van der Waals surface area contributed by atoms with Gasteiger partial charge in [0.05, 0.1) is 13.2 Å². The molecule has 0 amide bonds. The molecule has 9 heteroatoms. The maximum atomic E-state index is 13.1. The summed E-state index contributed by atoms with van der Waals surface area (Å²) in [6.07, 6.45) is -3.44. The van der Waals surface area contributed by atoms with Crippen molar-refractivity contribution in [3.63, 3.8) is 0 Å². The molecular formula is C30H31N3O6. The van der Waals surface area contributed by atoms with Gasteiger partial charge < -0.3 is 30.1 Å². The molecule has 1 aliphatic heterocycles. The molecule has 1 fully saturated rings. The van der Waals surface area contributed by atoms with Crippen molar-refractivity contribution >= 4 is 5.82 Å². The van der Waals surface area contributed by atoms with E-state index in [0.717, 1.165) is 27.0 Å². The van der Waals surface area contributed by atoms with E-state index in [9.17, 15) is 20.1 Å². The van der Waals surface area contributed by atoms with E-state index in [1.165, 1.54) is 6.20 Å². The number of rotatable bonds is 9. The molecule has 9 nitrogen and oxygen atoms in total. The van der Waals surface area contributed by atoms with Crippen LogP contribution in [0.1, 0.15) is 29.8 Å². The fourth-order valence-corrected chi connectivity index (χ4v) is 5.04. The van der Waals surface area contributed by atoms with Crippen LogP contribution in [-0.2, 0) is 10.3 Å². The van der Waals surface area contributed by atoms with Gasteiger partial charge in [0.1, 0.15) is 35.4 Å². The predicted molar refractivity (Wildman–Crippen MR) is 146 cm³/mol. The number of aliphatic hydroxyl groups is 3. The summed E-state index contributed by atoms with van der Waals surface area (Å²) >= 11 is 0. The summed E-state index contributed by atoms with van der Waals surface area (Å²) < 4.78 is 12.3. The molecule has 2 heterocycles. The zero-order valence-electron chi connectivity index (χ0n) is 21.4. The average Bonchev–Trinajstić information content (AvgIpc) is 3.26. The Labute approximate surface area is 225 Å². The van der Waals surface area contributed by atoms with Crippen LogP contribution in [0.25, 0.3) is 0 Å². The quantitative estimate of drug-likeness (QED) is 0.244. The summed E-state index contributed by atoms with van der Waals surface area (Å²) in [5.41, 5.74) is 1.14. The van der Waals surface area contributed by atoms with E-state index >= 15 is 0 Å². The molecule has 1 aliphatic rings. The van der Waals surface area contributed by atoms with Crippen molar-refractivity contribution in [1.82, 2.24) is 9.55 Å². The molecule has 39 heavy (non-hydrogen) atoms. The van der Waals surface area contributed by atoms with Crippen molar-refractivity contribution in [1.29, 1.82) is 0 Å². The minimum absolute atomic E-state index is 0.296. The number of anilines is 1. The second-order valence-electron chi connectivity index (χ2n) is 9.30. The molecule has 202 valence electrons. The van der Waals surface area contributed by atoms with Crippen LogP contribution in [0.15, 0.2) is 102 Å². The molecule has 4 atom stereocenters. The maximum Gasteiger partial charge on any atom is 0.351 e. The number of hydrogen-bond donors (Lipinski definition) is 4. The van der Waals surface area contributed by atoms with E-state index < -0.39 is 42.4 Å². The number of aromatic nitrogens is 2. The van der Waals surface area contributed by atoms with Gasteiger partial charge in [-0.25, -0.2) is 4.79 Å². The van der Waals surface area contributed by atoms with Gasteiger partial charge in [-0.05, 0) is 41.8 Å². The van der Waals surface area contributed by atoms with Crippen LogP contribution in [0.2, 0.25) is 0 Å². The number of hydrogen-bond acceptors (Lipinski definition) is 8. The molecule has 3 aromatic carbocycles. The molecule has 0 bridgehead atoms. The van der Waals surface area contributed by atoms with Gasteiger partial charge in [0.15, 0.2) is 6.23 Å². The van der Waals surface area contributed by atoms with Crippen molar-refractivity contribution in [2.75, 3.05) is 18.5 Å². The highest BCUT2D eigenvalue weighted by Gasteiger charge is 2.44. The lowest BCUT2D eigenvalue weighted by Gasteiger charge is -2.37. The normalized spacial score (nSPS) is 21.0. The molecule has 4 aromatic rings. The second kappa shape index (κ2) is 11.4. The summed E-state index contributed by atoms with van der Waals surface area (Å²) in [4.78, 5) is 17.4. The van der Waals surface area contributed by atoms with Crippen LogP contribution in [0.3, 0.4) is 0 Å². The van der Waals surface area contributed by atoms with Gasteiger partial charge in [-0.15, -0.1) is 0 Å². The third-order valence-electron chi connectivity index (χ3n) is 6.95. The Hall–Kier alpha value is -4.02. The Bertz CT molecular complexity index is 1390. The van der Waals surface area contributed by atoms with Gasteiger partial charge >= 0.3 is 5.69 Å². The van der Waals surface area contributed by atoms with E-state index in [-0.39, 0.29) is 0 Å². The van der Waals surface area contributed by atoms with Crippen LogP contribution in [0.4, 0.5) is 5.82 Å². The summed E-state index contributed by atoms with van der Waals surface area (Å²) in [5.74, 6) is 1.04. The standard InChI is InChI=1S/C30H31N3O6/c1-2-38-23-15-13-22(14-16-23)30(20-9-5-3-6-10-20,21-11-7-4-8-12-21)32-25-17-18-33(29(37)31-25)28-27(36)26(35)24(19-34)39-28/h3-18,24,26-28,34-36H,2,19H2,1H3,(H,31,32,37)/t24-,26-,27-,28-/m1/s1. The van der Waals surface area contributed by atoms with Crippen LogP contribution >= 0.6 is 0 Å². The van der Waals surface area contributed by atoms with E-state index in [1.54, 1.807) is 6.07 Å². The Kier molecular flexibility index (Phi) is 7.76. The Morgan fingerprint density at radius 1 is 0.897 bits per heavy atom. The first kappa shape index (κ1) is 26.6. The van der Waals surface area contributed by atoms with Gasteiger partial charge in [0, 0.05) is 6.20 Å². The van der Waals surface area contributed by atoms with Crippen LogP contribution in [0.5, 0.6) is 5.75 Å². The van der Waals surface area contributed by atoms with Crippen molar-refractivity contribution < 1.29 is 24.8 Å². The smallest absolute Gasteiger partial charge is 0.351 e. The molecule has 5 rings (SSSR count). The first-order chi connectivity index (χ1) is 19.0. The summed E-state index contributed by atoms with van der Waals surface area (Å²) in [6.45, 7) is 1.99. The minimum atomic E-state index is -1.39. The van der Waals surface area contributed by atoms with Crippen LogP contribution < -0.4 is 15.7 Å². The Morgan fingerprint density at radius 2 is 1.49 bits per heavy atom. The molecule has 0 unspecified atom stereocenters. The average molecular weight is 530 g/mol. The first-order valence-electron chi connectivity index (χ1n) is 12.8. The van der Waals surface area contributed by atoms with Gasteiger partial charge in [-0.3, -0.25) is 4.57 Å². The van der Waals surface area contributed by atoms with Crippen molar-refractivity contribution in [3.05, 3.63) is 124 Å². The summed E-state index contributed by atoms with van der Waals surface area (Å²) in [5, 5.41) is 33.5. The Balaban J connectivity index is 1.61. The molecule has 1 aromatic heterocycles. The molecule has 1 saturated heterocycles. The lowest BCUT2D eigenvalue weighted by molar-refractivity contribution is -0.0549. The maximum absolute atomic E-state index is 13.1. The zero-order valence-corrected chi connectivity index (χ0v) is 21.4. The predicted octanol–water partition coefficient (Wildman–Crippen LogP) is 2.66. The molecular weight excluding hydrogens is 498 g/mol. The minimum Gasteiger partial charge on any atom is -0.494 e. The second-order valence-corrected chi connectivity index (χ2v) is 9.30. The highest BCUT2D eigenvalue weighted by Crippen LogP contribution is 2.40. The third kappa shape index (κ3) is 5.05. The number of nitrogens with zero attached hydrogens (tertiary/aromatic N) is 2. The number of aliphatic hydroxyl groups excluding tert-OH is 3. The topological polar surface area (TPSA) is 126 Å². The highest BCUT2D eigenvalue weighted by molar-refractivity contribution is 5.58. The lowest BCUT2D eigenvalue weighted by atomic mass is 9.77. The van der Waals surface area contributed by atoms with Gasteiger partial charge in [-0.1, -0.05) is 72.8 Å². The van der Waals surface area contributed by atoms with E-state index in [0.29, 0.717) is 12.4 Å². The van der Waals surface area contributed by atoms with E-state index in [2.05, 4.69) is 10.3 Å². The molecule has 0 radical (unpaired) electrons. The summed E-state index contributed by atoms with van der Waals surface area (Å²) in [6, 6.07) is 29.2. The fourth-order valence-electron chi connectivity index (χ4n) is 5.04. The SMILES string of the molecule is CCOc1ccc(C(Nc2ccn([C@@H]3O[C@H](CO)[C@@H](O)[C@H]3O)c(=O)n2)(c2ccccc2)c2ccccc2)cc1. The third-order valence-corrected chi connectivity index (χ3v) is 6.95. The van der Waals surface area contributed by atoms with Gasteiger partial charge in [-0.2, -0.15) is 4.98 Å². The Morgan fingerprint density at radius 3 is 2.00 bits per heavy atom. The first-order valence-corrected chi connectivity index (χ1v) is 12.8. The van der Waals surface area contributed by atoms with Crippen molar-refractivity contribution in [3.8, 4) is 5.75 Å². The van der Waals surface area contributed by atoms with Crippen molar-refractivity contribution in [2.24, 2.45) is 0 Å². The lowest BCUT2D eigenvalue weighted by Crippen LogP contribution is -2.40. The molecule has 0 saturated carbocycles. The zero-order chi connectivity index (χ0) is 27.4. The van der Waals surface area contributed by atoms with Gasteiger partial charge in [0.2, 0.25) is 0 Å². The number of benzene rings is 3. The molecule has 0 spiro atoms. The van der Waals surface area contributed by atoms with E-state index in [1.807, 2.05) is 91.9 Å². The van der Waals surface area contributed by atoms with E-state index in [4.69, 9.17) is 9.47 Å². The summed E-state index contributed by atoms with van der Waals surface area (Å²) in [7, 11) is 0. The van der Waals surface area contributed by atoms with Gasteiger partial charge in [0.25, 0.3) is 0 Å².